The fourth-order valence-corrected chi connectivity index (χ4v) is 2.35. The topological polar surface area (TPSA) is 56.1 Å². The normalized spacial score (nSPS) is 20.2. The molecule has 1 saturated heterocycles. The third kappa shape index (κ3) is 3.16. The molecule has 2 atom stereocenters. The fraction of sp³-hybridized carbons (Fsp3) is 0.538. The van der Waals surface area contributed by atoms with E-state index in [2.05, 4.69) is 17.0 Å². The molecule has 0 amide bonds. The van der Waals surface area contributed by atoms with Crippen LogP contribution in [0.5, 0.6) is 0 Å². The van der Waals surface area contributed by atoms with Gasteiger partial charge in [-0.2, -0.15) is 5.10 Å². The monoisotopic (exact) mass is 283 g/mol. The van der Waals surface area contributed by atoms with E-state index in [4.69, 9.17) is 16.3 Å². The number of allylic oxidation sites excluding steroid dienone is 1. The van der Waals surface area contributed by atoms with Gasteiger partial charge in [0.25, 0.3) is 5.56 Å². The second-order valence-electron chi connectivity index (χ2n) is 4.63. The highest BCUT2D eigenvalue weighted by Crippen LogP contribution is 2.21. The van der Waals surface area contributed by atoms with Gasteiger partial charge in [0.1, 0.15) is 5.02 Å². The van der Waals surface area contributed by atoms with Gasteiger partial charge in [-0.3, -0.25) is 4.79 Å². The summed E-state index contributed by atoms with van der Waals surface area (Å²) >= 11 is 6.07. The smallest absolute Gasteiger partial charge is 0.287 e. The molecule has 0 saturated carbocycles. The molecule has 1 N–H and O–H groups in total. The van der Waals surface area contributed by atoms with Crippen molar-refractivity contribution in [1.82, 2.24) is 9.78 Å². The first-order valence-electron chi connectivity index (χ1n) is 6.38. The van der Waals surface area contributed by atoms with Gasteiger partial charge < -0.3 is 10.1 Å². The first kappa shape index (κ1) is 14.1. The van der Waals surface area contributed by atoms with Crippen molar-refractivity contribution in [3.63, 3.8) is 0 Å². The molecular weight excluding hydrogens is 266 g/mol. The van der Waals surface area contributed by atoms with Crippen LogP contribution in [-0.4, -0.2) is 28.5 Å². The number of halogens is 1. The molecule has 1 aromatic rings. The lowest BCUT2D eigenvalue weighted by Crippen LogP contribution is -2.32. The number of rotatable bonds is 5. The standard InChI is InChI=1S/C13H18ClN3O2/c1-3-6-17-13(18)12(14)10(8-15-17)16-9(2)11-5-4-7-19-11/h3,8-9,11,16H,1,4-7H2,2H3. The van der Waals surface area contributed by atoms with Gasteiger partial charge in [0.2, 0.25) is 0 Å². The molecule has 0 bridgehead atoms. The van der Waals surface area contributed by atoms with Crippen LogP contribution >= 0.6 is 11.6 Å². The van der Waals surface area contributed by atoms with E-state index in [0.29, 0.717) is 12.2 Å². The van der Waals surface area contributed by atoms with E-state index in [1.165, 1.54) is 4.68 Å². The third-order valence-electron chi connectivity index (χ3n) is 3.19. The van der Waals surface area contributed by atoms with Gasteiger partial charge in [-0.05, 0) is 19.8 Å². The van der Waals surface area contributed by atoms with E-state index in [1.807, 2.05) is 6.92 Å². The van der Waals surface area contributed by atoms with Crippen LogP contribution in [0.1, 0.15) is 19.8 Å². The molecule has 104 valence electrons. The Bertz CT molecular complexity index is 509. The summed E-state index contributed by atoms with van der Waals surface area (Å²) in [5.74, 6) is 0. The second-order valence-corrected chi connectivity index (χ2v) is 5.01. The average Bonchev–Trinajstić information content (AvgIpc) is 2.92. The largest absolute Gasteiger partial charge is 0.377 e. The Kier molecular flexibility index (Phi) is 4.61. The van der Waals surface area contributed by atoms with Gasteiger partial charge in [-0.1, -0.05) is 17.7 Å². The average molecular weight is 284 g/mol. The molecule has 2 heterocycles. The van der Waals surface area contributed by atoms with Crippen molar-refractivity contribution in [2.75, 3.05) is 11.9 Å². The Labute approximate surface area is 117 Å². The van der Waals surface area contributed by atoms with E-state index in [-0.39, 0.29) is 22.7 Å². The summed E-state index contributed by atoms with van der Waals surface area (Å²) in [5, 5.41) is 7.41. The lowest BCUT2D eigenvalue weighted by atomic mass is 10.1. The van der Waals surface area contributed by atoms with Crippen molar-refractivity contribution >= 4 is 17.3 Å². The minimum Gasteiger partial charge on any atom is -0.377 e. The van der Waals surface area contributed by atoms with E-state index in [9.17, 15) is 4.79 Å². The number of nitrogens with zero attached hydrogens (tertiary/aromatic N) is 2. The molecule has 5 nitrogen and oxygen atoms in total. The van der Waals surface area contributed by atoms with Gasteiger partial charge >= 0.3 is 0 Å². The Balaban J connectivity index is 2.14. The van der Waals surface area contributed by atoms with E-state index in [0.717, 1.165) is 19.4 Å². The zero-order chi connectivity index (χ0) is 13.8. The summed E-state index contributed by atoms with van der Waals surface area (Å²) in [5.41, 5.74) is 0.237. The third-order valence-corrected chi connectivity index (χ3v) is 3.56. The maximum absolute atomic E-state index is 11.9. The maximum Gasteiger partial charge on any atom is 0.287 e. The van der Waals surface area contributed by atoms with Crippen LogP contribution in [0.2, 0.25) is 5.02 Å². The van der Waals surface area contributed by atoms with Crippen molar-refractivity contribution in [3.8, 4) is 0 Å². The highest BCUT2D eigenvalue weighted by atomic mass is 35.5. The van der Waals surface area contributed by atoms with Gasteiger partial charge in [0, 0.05) is 12.6 Å². The van der Waals surface area contributed by atoms with Crippen LogP contribution in [0.25, 0.3) is 0 Å². The molecule has 1 aliphatic heterocycles. The number of nitrogens with one attached hydrogen (secondary N) is 1. The molecule has 1 aromatic heterocycles. The van der Waals surface area contributed by atoms with Crippen LogP contribution in [0.4, 0.5) is 5.69 Å². The maximum atomic E-state index is 11.9. The number of ether oxygens (including phenoxy) is 1. The van der Waals surface area contributed by atoms with Crippen LogP contribution in [0.3, 0.4) is 0 Å². The molecule has 0 radical (unpaired) electrons. The minimum absolute atomic E-state index is 0.0939. The zero-order valence-corrected chi connectivity index (χ0v) is 11.7. The van der Waals surface area contributed by atoms with Crippen molar-refractivity contribution in [2.24, 2.45) is 0 Å². The van der Waals surface area contributed by atoms with Crippen LogP contribution in [-0.2, 0) is 11.3 Å². The van der Waals surface area contributed by atoms with E-state index < -0.39 is 0 Å². The molecule has 0 aromatic carbocycles. The van der Waals surface area contributed by atoms with Crippen LogP contribution in [0.15, 0.2) is 23.6 Å². The summed E-state index contributed by atoms with van der Waals surface area (Å²) in [7, 11) is 0. The number of hydrogen-bond acceptors (Lipinski definition) is 4. The summed E-state index contributed by atoms with van der Waals surface area (Å²) in [6, 6.07) is 0.0939. The fourth-order valence-electron chi connectivity index (χ4n) is 2.15. The second kappa shape index (κ2) is 6.21. The molecular formula is C13H18ClN3O2. The quantitative estimate of drug-likeness (QED) is 0.841. The SMILES string of the molecule is C=CCn1ncc(NC(C)C2CCCO2)c(Cl)c1=O. The van der Waals surface area contributed by atoms with E-state index >= 15 is 0 Å². The van der Waals surface area contributed by atoms with Crippen molar-refractivity contribution in [2.45, 2.75) is 38.5 Å². The van der Waals surface area contributed by atoms with Gasteiger partial charge in [0.15, 0.2) is 0 Å². The minimum atomic E-state index is -0.314. The molecule has 1 aliphatic rings. The molecule has 2 rings (SSSR count). The molecule has 0 aliphatic carbocycles. The van der Waals surface area contributed by atoms with Crippen molar-refractivity contribution in [3.05, 3.63) is 34.2 Å². The molecule has 1 fully saturated rings. The Hall–Kier alpha value is -1.33. The summed E-state index contributed by atoms with van der Waals surface area (Å²) in [4.78, 5) is 11.9. The zero-order valence-electron chi connectivity index (χ0n) is 10.9. The Morgan fingerprint density at radius 2 is 2.58 bits per heavy atom. The molecule has 6 heteroatoms. The number of anilines is 1. The van der Waals surface area contributed by atoms with Gasteiger partial charge in [-0.25, -0.2) is 4.68 Å². The highest BCUT2D eigenvalue weighted by molar-refractivity contribution is 6.32. The lowest BCUT2D eigenvalue weighted by molar-refractivity contribution is 0.0996. The molecule has 19 heavy (non-hydrogen) atoms. The Morgan fingerprint density at radius 1 is 1.79 bits per heavy atom. The molecule has 0 spiro atoms. The van der Waals surface area contributed by atoms with E-state index in [1.54, 1.807) is 12.3 Å². The van der Waals surface area contributed by atoms with Gasteiger partial charge in [-0.15, -0.1) is 6.58 Å². The first-order valence-corrected chi connectivity index (χ1v) is 6.76. The predicted molar refractivity (Wildman–Crippen MR) is 75.8 cm³/mol. The van der Waals surface area contributed by atoms with Crippen LogP contribution < -0.4 is 10.9 Å². The molecule has 2 unspecified atom stereocenters. The highest BCUT2D eigenvalue weighted by Gasteiger charge is 2.23. The van der Waals surface area contributed by atoms with Crippen molar-refractivity contribution in [1.29, 1.82) is 0 Å². The summed E-state index contributed by atoms with van der Waals surface area (Å²) < 4.78 is 6.87. The predicted octanol–water partition coefficient (Wildman–Crippen LogP) is 2.06. The van der Waals surface area contributed by atoms with Crippen molar-refractivity contribution < 1.29 is 4.74 Å². The first-order chi connectivity index (χ1) is 9.13. The number of hydrogen-bond donors (Lipinski definition) is 1. The van der Waals surface area contributed by atoms with Crippen LogP contribution in [0, 0.1) is 0 Å². The lowest BCUT2D eigenvalue weighted by Gasteiger charge is -2.21. The summed E-state index contributed by atoms with van der Waals surface area (Å²) in [6.07, 6.45) is 5.42. The number of aromatic nitrogens is 2. The Morgan fingerprint density at radius 3 is 3.21 bits per heavy atom. The summed E-state index contributed by atoms with van der Waals surface area (Å²) in [6.45, 7) is 6.73. The van der Waals surface area contributed by atoms with Gasteiger partial charge in [0.05, 0.1) is 24.5 Å².